The number of carbonyl (C=O) groups excluding carboxylic acids is 2. The first-order chi connectivity index (χ1) is 28.1. The van der Waals surface area contributed by atoms with Gasteiger partial charge in [0.05, 0.1) is 20.9 Å². The van der Waals surface area contributed by atoms with Crippen molar-refractivity contribution in [1.82, 2.24) is 10.3 Å². The van der Waals surface area contributed by atoms with E-state index in [-0.39, 0.29) is 51.1 Å². The number of aryl methyl sites for hydroxylation is 1. The molecule has 59 heavy (non-hydrogen) atoms. The second-order valence-electron chi connectivity index (χ2n) is 12.6. The van der Waals surface area contributed by atoms with Gasteiger partial charge in [0, 0.05) is 22.6 Å². The Morgan fingerprint density at radius 2 is 1.00 bits per heavy atom. The fourth-order valence-electron chi connectivity index (χ4n) is 5.76. The number of aromatic nitrogens is 2. The molecule has 0 amide bonds. The molecule has 2 aromatic heterocycles. The van der Waals surface area contributed by atoms with E-state index in [9.17, 15) is 39.6 Å². The van der Waals surface area contributed by atoms with Crippen molar-refractivity contribution in [2.24, 2.45) is 0 Å². The molecule has 308 valence electrons. The van der Waals surface area contributed by atoms with Gasteiger partial charge in [0.15, 0.2) is 31.2 Å². The molecule has 0 radical (unpaired) electrons. The molecule has 2 heterocycles. The number of rotatable bonds is 17. The number of hydrogen-bond donors (Lipinski definition) is 0. The molecule has 6 aromatic rings. The van der Waals surface area contributed by atoms with E-state index in [0.717, 1.165) is 23.3 Å². The molecule has 0 aliphatic carbocycles. The minimum atomic E-state index is -4.83. The van der Waals surface area contributed by atoms with Crippen molar-refractivity contribution in [3.05, 3.63) is 121 Å². The van der Waals surface area contributed by atoms with Crippen LogP contribution >= 0.6 is 21.6 Å². The number of hydrogen-bond acceptors (Lipinski definition) is 14. The van der Waals surface area contributed by atoms with Gasteiger partial charge in [0.1, 0.15) is 30.4 Å². The number of benzene rings is 4. The zero-order chi connectivity index (χ0) is 42.2. The zero-order valence-electron chi connectivity index (χ0n) is 30.9. The maximum absolute atomic E-state index is 13.7. The van der Waals surface area contributed by atoms with Gasteiger partial charge in [0.25, 0.3) is 0 Å². The first kappa shape index (κ1) is 43.2. The number of alkyl halides is 3. The van der Waals surface area contributed by atoms with Gasteiger partial charge < -0.3 is 18.5 Å². The van der Waals surface area contributed by atoms with Crippen LogP contribution in [-0.4, -0.2) is 75.3 Å². The van der Waals surface area contributed by atoms with E-state index in [2.05, 4.69) is 14.8 Å². The van der Waals surface area contributed by atoms with Crippen LogP contribution in [-0.2, 0) is 44.9 Å². The predicted octanol–water partition coefficient (Wildman–Crippen LogP) is 8.37. The first-order valence-corrected chi connectivity index (χ1v) is 23.3. The molecule has 0 unspecified atom stereocenters. The number of carbonyl (C=O) groups is 2. The second-order valence-corrected chi connectivity index (χ2v) is 19.3. The van der Waals surface area contributed by atoms with Crippen molar-refractivity contribution in [3.8, 4) is 44.8 Å². The summed E-state index contributed by atoms with van der Waals surface area (Å²) >= 11 is 0. The van der Waals surface area contributed by atoms with Crippen molar-refractivity contribution >= 4 is 53.2 Å². The van der Waals surface area contributed by atoms with Crippen molar-refractivity contribution in [1.29, 1.82) is 0 Å². The highest BCUT2D eigenvalue weighted by Crippen LogP contribution is 2.43. The maximum atomic E-state index is 13.7. The average Bonchev–Trinajstić information content (AvgIpc) is 3.84. The van der Waals surface area contributed by atoms with Crippen LogP contribution in [0, 0.1) is 6.92 Å². The Morgan fingerprint density at radius 3 is 1.44 bits per heavy atom. The molecule has 12 nitrogen and oxygen atoms in total. The molecule has 0 N–H and O–H groups in total. The molecule has 0 saturated carbocycles. The molecule has 19 heteroatoms. The van der Waals surface area contributed by atoms with Crippen LogP contribution in [0.25, 0.3) is 44.8 Å². The summed E-state index contributed by atoms with van der Waals surface area (Å²) in [7, 11) is -5.64. The predicted molar refractivity (Wildman–Crippen MR) is 215 cm³/mol. The molecule has 0 aliphatic heterocycles. The fourth-order valence-corrected chi connectivity index (χ4v) is 9.64. The van der Waals surface area contributed by atoms with E-state index in [1.807, 2.05) is 30.3 Å². The molecular weight excluding hydrogens is 854 g/mol. The molecule has 0 bridgehead atoms. The number of esters is 2. The molecule has 4 aromatic carbocycles. The van der Waals surface area contributed by atoms with Crippen molar-refractivity contribution in [3.63, 3.8) is 0 Å². The lowest BCUT2D eigenvalue weighted by Crippen LogP contribution is -2.20. The van der Waals surface area contributed by atoms with E-state index in [1.165, 1.54) is 58.0 Å². The van der Waals surface area contributed by atoms with Gasteiger partial charge >= 0.3 is 18.1 Å². The van der Waals surface area contributed by atoms with Gasteiger partial charge in [-0.2, -0.15) is 13.2 Å². The first-order valence-electron chi connectivity index (χ1n) is 17.5. The van der Waals surface area contributed by atoms with Crippen molar-refractivity contribution in [2.75, 3.05) is 36.2 Å². The summed E-state index contributed by atoms with van der Waals surface area (Å²) in [5.74, 6) is -3.87. The van der Waals surface area contributed by atoms with E-state index in [0.29, 0.717) is 22.8 Å². The lowest BCUT2D eigenvalue weighted by Gasteiger charge is -2.09. The smallest absolute Gasteiger partial charge is 0.453 e. The van der Waals surface area contributed by atoms with Crippen LogP contribution in [0.3, 0.4) is 0 Å². The maximum Gasteiger partial charge on any atom is 0.453 e. The molecule has 0 aliphatic rings. The Labute approximate surface area is 344 Å². The fraction of sp³-hybridized carbons (Fsp3) is 0.200. The molecule has 0 fully saturated rings. The van der Waals surface area contributed by atoms with Gasteiger partial charge in [-0.05, 0) is 42.3 Å². The van der Waals surface area contributed by atoms with E-state index < -0.39 is 55.1 Å². The lowest BCUT2D eigenvalue weighted by atomic mass is 9.99. The standard InChI is InChI=1S/C40H33F3N2O10S4/c1-26-35(27-8-4-2-5-9-27)37(44-54-26)29-12-16-31(17-13-29)58(48,49)24-33(46)52-20-22-56-57-23-21-53-34(47)25-59(50,51)32-18-14-30(15-19-32)38-36(28-10-6-3-7-11-28)39(55-45-38)40(41,42)43/h2-19H,20-25H2,1H3. The zero-order valence-corrected chi connectivity index (χ0v) is 34.1. The van der Waals surface area contributed by atoms with Crippen LogP contribution in [0.4, 0.5) is 13.2 Å². The van der Waals surface area contributed by atoms with Gasteiger partial charge in [0.2, 0.25) is 5.76 Å². The minimum absolute atomic E-state index is 0.0589. The number of halogens is 3. The lowest BCUT2D eigenvalue weighted by molar-refractivity contribution is -0.155. The van der Waals surface area contributed by atoms with Crippen LogP contribution in [0.5, 0.6) is 0 Å². The summed E-state index contributed by atoms with van der Waals surface area (Å²) < 4.78 is 113. The summed E-state index contributed by atoms with van der Waals surface area (Å²) in [6.07, 6.45) is -4.83. The molecule has 0 spiro atoms. The van der Waals surface area contributed by atoms with Gasteiger partial charge in [-0.1, -0.05) is 117 Å². The van der Waals surface area contributed by atoms with E-state index in [4.69, 9.17) is 14.0 Å². The Balaban J connectivity index is 0.902. The van der Waals surface area contributed by atoms with Crippen LogP contribution < -0.4 is 0 Å². The van der Waals surface area contributed by atoms with Gasteiger partial charge in [-0.3, -0.25) is 9.59 Å². The second kappa shape index (κ2) is 18.7. The van der Waals surface area contributed by atoms with E-state index in [1.54, 1.807) is 37.3 Å². The Hall–Kier alpha value is -5.37. The van der Waals surface area contributed by atoms with Gasteiger partial charge in [-0.25, -0.2) is 16.8 Å². The Morgan fingerprint density at radius 1 is 0.593 bits per heavy atom. The quantitative estimate of drug-likeness (QED) is 0.0486. The van der Waals surface area contributed by atoms with Crippen molar-refractivity contribution < 1.29 is 58.1 Å². The molecule has 0 atom stereocenters. The van der Waals surface area contributed by atoms with Crippen LogP contribution in [0.1, 0.15) is 11.5 Å². The Bertz CT molecular complexity index is 2620. The minimum Gasteiger partial charge on any atom is -0.464 e. The molecular formula is C40H33F3N2O10S4. The Kier molecular flexibility index (Phi) is 13.7. The summed E-state index contributed by atoms with van der Waals surface area (Å²) in [5, 5.41) is 7.76. The van der Waals surface area contributed by atoms with Crippen molar-refractivity contribution in [2.45, 2.75) is 22.9 Å². The summed E-state index contributed by atoms with van der Waals surface area (Å²) in [4.78, 5) is 24.4. The van der Waals surface area contributed by atoms with Crippen LogP contribution in [0.2, 0.25) is 0 Å². The topological polar surface area (TPSA) is 173 Å². The van der Waals surface area contributed by atoms with Gasteiger partial charge in [-0.15, -0.1) is 0 Å². The average molecular weight is 887 g/mol. The third kappa shape index (κ3) is 10.8. The molecule has 6 rings (SSSR count). The highest BCUT2D eigenvalue weighted by atomic mass is 33.1. The third-order valence-corrected chi connectivity index (χ3v) is 14.0. The normalized spacial score (nSPS) is 12.0. The monoisotopic (exact) mass is 886 g/mol. The third-order valence-electron chi connectivity index (χ3n) is 8.47. The van der Waals surface area contributed by atoms with E-state index >= 15 is 0 Å². The summed E-state index contributed by atoms with van der Waals surface area (Å²) in [6.45, 7) is 1.59. The number of nitrogens with zero attached hydrogens (tertiary/aromatic N) is 2. The van der Waals surface area contributed by atoms with Crippen LogP contribution in [0.15, 0.2) is 128 Å². The summed E-state index contributed by atoms with van der Waals surface area (Å²) in [5.41, 5.74) is 2.82. The number of ether oxygens (including phenoxy) is 2. The highest BCUT2D eigenvalue weighted by molar-refractivity contribution is 8.76. The SMILES string of the molecule is Cc1onc(-c2ccc(S(=O)(=O)CC(=O)OCCSSCCOC(=O)CS(=O)(=O)c3ccc(-c4noc(C(F)(F)F)c4-c4ccccc4)cc3)cc2)c1-c1ccccc1. The largest absolute Gasteiger partial charge is 0.464 e. The summed E-state index contributed by atoms with van der Waals surface area (Å²) in [6, 6.07) is 28.0. The molecule has 0 saturated heterocycles. The number of sulfone groups is 2. The highest BCUT2D eigenvalue weighted by Gasteiger charge is 2.41.